The van der Waals surface area contributed by atoms with Crippen LogP contribution >= 0.6 is 15.9 Å². The lowest BCUT2D eigenvalue weighted by atomic mass is 9.93. The van der Waals surface area contributed by atoms with E-state index in [4.69, 9.17) is 14.2 Å². The highest BCUT2D eigenvalue weighted by molar-refractivity contribution is 9.10. The molecule has 2 N–H and O–H groups in total. The zero-order valence-electron chi connectivity index (χ0n) is 24.3. The fourth-order valence-corrected chi connectivity index (χ4v) is 5.46. The lowest BCUT2D eigenvalue weighted by molar-refractivity contribution is 0.0691. The van der Waals surface area contributed by atoms with Crippen molar-refractivity contribution in [2.75, 3.05) is 7.11 Å². The van der Waals surface area contributed by atoms with Gasteiger partial charge in [0.2, 0.25) is 0 Å². The molecule has 0 spiro atoms. The summed E-state index contributed by atoms with van der Waals surface area (Å²) >= 11 is 3.34. The molecule has 3 aromatic carbocycles. The maximum Gasteiger partial charge on any atom is 0.347 e. The minimum Gasteiger partial charge on any atom is -0.506 e. The van der Waals surface area contributed by atoms with Gasteiger partial charge in [0.15, 0.2) is 11.5 Å². The first kappa shape index (κ1) is 30.7. The highest BCUT2D eigenvalue weighted by atomic mass is 79.9. The third-order valence-corrected chi connectivity index (χ3v) is 8.71. The van der Waals surface area contributed by atoms with Crippen molar-refractivity contribution in [2.45, 2.75) is 62.3 Å². The van der Waals surface area contributed by atoms with Gasteiger partial charge in [0.1, 0.15) is 17.1 Å². The minimum absolute atomic E-state index is 0.0253. The number of aromatic carboxylic acids is 1. The summed E-state index contributed by atoms with van der Waals surface area (Å²) in [6.07, 6.45) is 0. The molecule has 0 amide bonds. The van der Waals surface area contributed by atoms with Gasteiger partial charge in [0, 0.05) is 5.56 Å². The number of carbonyl (C=O) groups is 3. The van der Waals surface area contributed by atoms with Crippen molar-refractivity contribution in [1.29, 1.82) is 0 Å². The first-order chi connectivity index (χ1) is 18.6. The van der Waals surface area contributed by atoms with Crippen LogP contribution in [0.2, 0.25) is 0 Å². The van der Waals surface area contributed by atoms with Crippen LogP contribution in [0, 0.1) is 62.3 Å². The van der Waals surface area contributed by atoms with Gasteiger partial charge in [-0.1, -0.05) is 0 Å². The van der Waals surface area contributed by atoms with E-state index in [0.717, 1.165) is 11.1 Å². The van der Waals surface area contributed by atoms with E-state index < -0.39 is 17.9 Å². The van der Waals surface area contributed by atoms with Crippen LogP contribution in [-0.4, -0.2) is 35.2 Å². The number of aromatic hydroxyl groups is 1. The summed E-state index contributed by atoms with van der Waals surface area (Å²) in [6, 6.07) is 1.51. The van der Waals surface area contributed by atoms with E-state index >= 15 is 0 Å². The number of aryl methyl sites for hydroxylation is 1. The van der Waals surface area contributed by atoms with Gasteiger partial charge < -0.3 is 24.4 Å². The van der Waals surface area contributed by atoms with Crippen molar-refractivity contribution in [2.24, 2.45) is 0 Å². The van der Waals surface area contributed by atoms with Crippen LogP contribution in [0.3, 0.4) is 0 Å². The van der Waals surface area contributed by atoms with Crippen LogP contribution in [-0.2, 0) is 0 Å². The molecular formula is C31H33BrO8. The zero-order valence-corrected chi connectivity index (χ0v) is 25.9. The Balaban J connectivity index is 2.06. The second kappa shape index (κ2) is 11.3. The van der Waals surface area contributed by atoms with Crippen LogP contribution in [0.15, 0.2) is 10.5 Å². The highest BCUT2D eigenvalue weighted by Crippen LogP contribution is 2.40. The third-order valence-electron chi connectivity index (χ3n) is 7.74. The van der Waals surface area contributed by atoms with Crippen molar-refractivity contribution in [3.05, 3.63) is 77.3 Å². The zero-order chi connectivity index (χ0) is 30.4. The number of carboxylic acid groups (broad SMARTS) is 1. The fraction of sp³-hybridized carbons (Fsp3) is 0.323. The fourth-order valence-electron chi connectivity index (χ4n) is 4.97. The first-order valence-electron chi connectivity index (χ1n) is 12.5. The SMILES string of the molecule is COc1c(OC(=O)c2c(C)c(C)c(C)c(Br)c2O)cc(C)c(C(=O)Oc2c(C)c(C)c(C(=O)O)c(C)c2C)c1C. The predicted octanol–water partition coefficient (Wildman–Crippen LogP) is 7.08. The number of hydrogen-bond donors (Lipinski definition) is 2. The van der Waals surface area contributed by atoms with Crippen LogP contribution in [0.4, 0.5) is 0 Å². The Morgan fingerprint density at radius 2 is 1.15 bits per heavy atom. The molecule has 0 saturated carbocycles. The Morgan fingerprint density at radius 1 is 0.650 bits per heavy atom. The number of phenols is 1. The molecule has 40 heavy (non-hydrogen) atoms. The number of methoxy groups -OCH3 is 1. The van der Waals surface area contributed by atoms with E-state index in [9.17, 15) is 24.6 Å². The quantitative estimate of drug-likeness (QED) is 0.224. The maximum atomic E-state index is 13.5. The van der Waals surface area contributed by atoms with Crippen molar-refractivity contribution < 1.29 is 38.8 Å². The van der Waals surface area contributed by atoms with Crippen LogP contribution in [0.25, 0.3) is 0 Å². The number of esters is 2. The molecule has 0 aromatic heterocycles. The molecule has 3 rings (SSSR count). The van der Waals surface area contributed by atoms with Gasteiger partial charge in [-0.05, 0) is 129 Å². The lowest BCUT2D eigenvalue weighted by Crippen LogP contribution is -2.18. The molecule has 8 nitrogen and oxygen atoms in total. The molecule has 0 aliphatic rings. The molecule has 0 radical (unpaired) electrons. The molecular weight excluding hydrogens is 580 g/mol. The average Bonchev–Trinajstić information content (AvgIpc) is 2.87. The number of carbonyl (C=O) groups excluding carboxylic acids is 2. The normalized spacial score (nSPS) is 10.9. The highest BCUT2D eigenvalue weighted by Gasteiger charge is 2.28. The lowest BCUT2D eigenvalue weighted by Gasteiger charge is -2.20. The number of phenolic OH excluding ortho intramolecular Hbond substituents is 1. The van der Waals surface area contributed by atoms with Crippen molar-refractivity contribution in [3.63, 3.8) is 0 Å². The first-order valence-corrected chi connectivity index (χ1v) is 13.3. The van der Waals surface area contributed by atoms with Crippen LogP contribution in [0.1, 0.15) is 81.1 Å². The Bertz CT molecular complexity index is 1540. The van der Waals surface area contributed by atoms with Gasteiger partial charge in [-0.15, -0.1) is 0 Å². The number of hydrogen-bond acceptors (Lipinski definition) is 7. The number of halogens is 1. The molecule has 0 atom stereocenters. The van der Waals surface area contributed by atoms with Gasteiger partial charge >= 0.3 is 17.9 Å². The molecule has 0 heterocycles. The number of ether oxygens (including phenoxy) is 3. The van der Waals surface area contributed by atoms with Crippen molar-refractivity contribution >= 4 is 33.8 Å². The molecule has 0 aliphatic carbocycles. The molecule has 3 aromatic rings. The predicted molar refractivity (Wildman–Crippen MR) is 155 cm³/mol. The second-order valence-corrected chi connectivity index (χ2v) is 10.7. The van der Waals surface area contributed by atoms with Gasteiger partial charge in [-0.2, -0.15) is 0 Å². The molecule has 0 saturated heterocycles. The molecule has 9 heteroatoms. The summed E-state index contributed by atoms with van der Waals surface area (Å²) < 4.78 is 17.5. The number of benzene rings is 3. The molecule has 212 valence electrons. The average molecular weight is 614 g/mol. The summed E-state index contributed by atoms with van der Waals surface area (Å²) in [6.45, 7) is 15.5. The van der Waals surface area contributed by atoms with E-state index in [-0.39, 0.29) is 33.9 Å². The van der Waals surface area contributed by atoms with Crippen molar-refractivity contribution in [1.82, 2.24) is 0 Å². The van der Waals surface area contributed by atoms with Gasteiger partial charge in [-0.3, -0.25) is 0 Å². The summed E-state index contributed by atoms with van der Waals surface area (Å²) in [4.78, 5) is 38.5. The van der Waals surface area contributed by atoms with Crippen LogP contribution in [0.5, 0.6) is 23.0 Å². The monoisotopic (exact) mass is 612 g/mol. The largest absolute Gasteiger partial charge is 0.506 e. The summed E-state index contributed by atoms with van der Waals surface area (Å²) in [5.74, 6) is -2.16. The van der Waals surface area contributed by atoms with E-state index in [0.29, 0.717) is 49.2 Å². The third kappa shape index (κ3) is 5.06. The molecule has 0 bridgehead atoms. The van der Waals surface area contributed by atoms with Crippen molar-refractivity contribution in [3.8, 4) is 23.0 Å². The second-order valence-electron chi connectivity index (χ2n) is 9.93. The van der Waals surface area contributed by atoms with E-state index in [2.05, 4.69) is 15.9 Å². The molecule has 0 unspecified atom stereocenters. The van der Waals surface area contributed by atoms with Gasteiger partial charge in [0.05, 0.1) is 22.7 Å². The Hall–Kier alpha value is -3.85. The van der Waals surface area contributed by atoms with Gasteiger partial charge in [0.25, 0.3) is 0 Å². The van der Waals surface area contributed by atoms with Crippen LogP contribution < -0.4 is 14.2 Å². The molecule has 0 fully saturated rings. The Labute approximate surface area is 242 Å². The summed E-state index contributed by atoms with van der Waals surface area (Å²) in [5.41, 5.74) is 5.67. The number of carboxylic acids is 1. The minimum atomic E-state index is -1.04. The standard InChI is InChI=1S/C31H33BrO8/c1-12-11-21(39-31(37)24-14(3)13(2)17(6)25(32)26(24)33)28(38-10)20(9)22(12)30(36)40-27-18(7)15(4)23(29(34)35)16(5)19(27)8/h11,33H,1-10H3,(H,34,35). The summed E-state index contributed by atoms with van der Waals surface area (Å²) in [7, 11) is 1.39. The number of rotatable bonds is 6. The topological polar surface area (TPSA) is 119 Å². The summed E-state index contributed by atoms with van der Waals surface area (Å²) in [5, 5.41) is 20.3. The van der Waals surface area contributed by atoms with E-state index in [1.807, 2.05) is 13.8 Å². The Morgan fingerprint density at radius 3 is 1.65 bits per heavy atom. The van der Waals surface area contributed by atoms with Gasteiger partial charge in [-0.25, -0.2) is 14.4 Å². The Kier molecular flexibility index (Phi) is 8.69. The van der Waals surface area contributed by atoms with E-state index in [1.54, 1.807) is 48.5 Å². The molecule has 0 aliphatic heterocycles. The maximum absolute atomic E-state index is 13.5. The van der Waals surface area contributed by atoms with E-state index in [1.165, 1.54) is 13.2 Å². The smallest absolute Gasteiger partial charge is 0.347 e.